The van der Waals surface area contributed by atoms with E-state index < -0.39 is 0 Å². The summed E-state index contributed by atoms with van der Waals surface area (Å²) in [6.07, 6.45) is 0. The summed E-state index contributed by atoms with van der Waals surface area (Å²) in [6, 6.07) is 4.23. The van der Waals surface area contributed by atoms with Gasteiger partial charge in [-0.15, -0.1) is 12.4 Å². The van der Waals surface area contributed by atoms with Gasteiger partial charge in [0.1, 0.15) is 0 Å². The van der Waals surface area contributed by atoms with Gasteiger partial charge in [-0.05, 0) is 31.9 Å². The van der Waals surface area contributed by atoms with E-state index in [0.29, 0.717) is 0 Å². The number of aryl methyl sites for hydroxylation is 3. The molecular weight excluding hydrogens is 172 g/mol. The lowest BCUT2D eigenvalue weighted by molar-refractivity contribution is 1.25. The summed E-state index contributed by atoms with van der Waals surface area (Å²) in [6.45, 7) is 6.19. The first-order chi connectivity index (χ1) is 5.15. The van der Waals surface area contributed by atoms with Crippen LogP contribution in [-0.4, -0.2) is 0 Å². The van der Waals surface area contributed by atoms with E-state index in [1.807, 2.05) is 0 Å². The lowest BCUT2D eigenvalue weighted by Gasteiger charge is -2.09. The summed E-state index contributed by atoms with van der Waals surface area (Å²) < 4.78 is 0. The number of halogens is 1. The molecule has 12 heavy (non-hydrogen) atoms. The van der Waals surface area contributed by atoms with E-state index in [9.17, 15) is 0 Å². The van der Waals surface area contributed by atoms with Gasteiger partial charge in [-0.2, -0.15) is 0 Å². The monoisotopic (exact) mass is 186 g/mol. The highest BCUT2D eigenvalue weighted by Gasteiger charge is 1.99. The van der Waals surface area contributed by atoms with Gasteiger partial charge in [0, 0.05) is 0 Å². The summed E-state index contributed by atoms with van der Waals surface area (Å²) >= 11 is 0. The number of benzene rings is 1. The normalized spacial score (nSPS) is 9.00. The zero-order valence-corrected chi connectivity index (χ0v) is 8.46. The number of nitrogen functional groups attached to an aromatic ring is 1. The summed E-state index contributed by atoms with van der Waals surface area (Å²) in [5.41, 5.74) is 7.40. The molecule has 0 aliphatic carbocycles. The molecule has 0 radical (unpaired) electrons. The summed E-state index contributed by atoms with van der Waals surface area (Å²) in [7, 11) is 0. The number of nitrogens with one attached hydrogen (secondary N) is 1. The zero-order chi connectivity index (χ0) is 8.43. The third kappa shape index (κ3) is 2.13. The topological polar surface area (TPSA) is 38.0 Å². The van der Waals surface area contributed by atoms with Crippen LogP contribution in [0.5, 0.6) is 0 Å². The first kappa shape index (κ1) is 11.3. The molecular formula is C9H15ClN2. The Balaban J connectivity index is 0.00000121. The van der Waals surface area contributed by atoms with E-state index >= 15 is 0 Å². The van der Waals surface area contributed by atoms with Crippen molar-refractivity contribution in [2.24, 2.45) is 5.84 Å². The van der Waals surface area contributed by atoms with Crippen LogP contribution in [0.4, 0.5) is 5.69 Å². The summed E-state index contributed by atoms with van der Waals surface area (Å²) in [4.78, 5) is 0. The van der Waals surface area contributed by atoms with Crippen LogP contribution in [0.1, 0.15) is 16.7 Å². The van der Waals surface area contributed by atoms with Crippen LogP contribution in [0.15, 0.2) is 12.1 Å². The van der Waals surface area contributed by atoms with Gasteiger partial charge in [-0.25, -0.2) is 0 Å². The molecule has 0 unspecified atom stereocenters. The van der Waals surface area contributed by atoms with Crippen LogP contribution in [0.25, 0.3) is 0 Å². The number of hydrogen-bond acceptors (Lipinski definition) is 2. The average Bonchev–Trinajstić information content (AvgIpc) is 1.85. The minimum absolute atomic E-state index is 0. The second-order valence-electron chi connectivity index (χ2n) is 2.92. The van der Waals surface area contributed by atoms with Gasteiger partial charge < -0.3 is 5.43 Å². The smallest absolute Gasteiger partial charge is 0.0543 e. The van der Waals surface area contributed by atoms with Crippen molar-refractivity contribution in [1.29, 1.82) is 0 Å². The molecule has 1 aromatic rings. The van der Waals surface area contributed by atoms with Gasteiger partial charge in [0.15, 0.2) is 0 Å². The Morgan fingerprint density at radius 2 is 1.50 bits per heavy atom. The number of hydrazine groups is 1. The van der Waals surface area contributed by atoms with E-state index in [-0.39, 0.29) is 12.4 Å². The molecule has 1 aromatic carbocycles. The van der Waals surface area contributed by atoms with Gasteiger partial charge in [-0.3, -0.25) is 5.84 Å². The fraction of sp³-hybridized carbons (Fsp3) is 0.333. The fourth-order valence-electron chi connectivity index (χ4n) is 1.41. The predicted octanol–water partition coefficient (Wildman–Crippen LogP) is 2.32. The molecule has 1 rings (SSSR count). The predicted molar refractivity (Wildman–Crippen MR) is 55.7 cm³/mol. The minimum Gasteiger partial charge on any atom is -0.324 e. The molecule has 0 fully saturated rings. The van der Waals surface area contributed by atoms with Crippen molar-refractivity contribution in [3.63, 3.8) is 0 Å². The van der Waals surface area contributed by atoms with E-state index in [0.717, 1.165) is 5.69 Å². The Kier molecular flexibility index (Phi) is 4.07. The summed E-state index contributed by atoms with van der Waals surface area (Å²) in [5, 5.41) is 0. The highest BCUT2D eigenvalue weighted by atomic mass is 35.5. The molecule has 0 aliphatic heterocycles. The molecule has 2 nitrogen and oxygen atoms in total. The average molecular weight is 187 g/mol. The molecule has 0 spiro atoms. The highest BCUT2D eigenvalue weighted by Crippen LogP contribution is 2.20. The third-order valence-corrected chi connectivity index (χ3v) is 1.82. The van der Waals surface area contributed by atoms with E-state index in [4.69, 9.17) is 5.84 Å². The molecule has 0 saturated heterocycles. The van der Waals surface area contributed by atoms with Crippen molar-refractivity contribution in [2.45, 2.75) is 20.8 Å². The van der Waals surface area contributed by atoms with Crippen LogP contribution >= 0.6 is 12.4 Å². The van der Waals surface area contributed by atoms with E-state index in [1.54, 1.807) is 0 Å². The maximum absolute atomic E-state index is 5.35. The molecule has 0 atom stereocenters. The Hall–Kier alpha value is -0.730. The van der Waals surface area contributed by atoms with Crippen LogP contribution < -0.4 is 11.3 Å². The number of rotatable bonds is 1. The van der Waals surface area contributed by atoms with Crippen LogP contribution in [0, 0.1) is 20.8 Å². The molecule has 0 amide bonds. The lowest BCUT2D eigenvalue weighted by atomic mass is 10.1. The van der Waals surface area contributed by atoms with Crippen molar-refractivity contribution in [2.75, 3.05) is 5.43 Å². The van der Waals surface area contributed by atoms with Crippen molar-refractivity contribution in [3.8, 4) is 0 Å². The lowest BCUT2D eigenvalue weighted by Crippen LogP contribution is -2.09. The van der Waals surface area contributed by atoms with Gasteiger partial charge >= 0.3 is 0 Å². The van der Waals surface area contributed by atoms with Gasteiger partial charge in [0.25, 0.3) is 0 Å². The van der Waals surface area contributed by atoms with Crippen molar-refractivity contribution in [1.82, 2.24) is 0 Å². The van der Waals surface area contributed by atoms with Gasteiger partial charge in [0.05, 0.1) is 5.69 Å². The SMILES string of the molecule is Cc1cc(C)c(NN)c(C)c1.Cl. The standard InChI is InChI=1S/C9H14N2.ClH/c1-6-4-7(2)9(11-10)8(3)5-6;/h4-5,11H,10H2,1-3H3;1H. The number of anilines is 1. The molecule has 0 saturated carbocycles. The zero-order valence-electron chi connectivity index (χ0n) is 7.64. The second kappa shape index (κ2) is 4.33. The van der Waals surface area contributed by atoms with E-state index in [2.05, 4.69) is 38.3 Å². The van der Waals surface area contributed by atoms with Crippen molar-refractivity contribution in [3.05, 3.63) is 28.8 Å². The van der Waals surface area contributed by atoms with Crippen molar-refractivity contribution >= 4 is 18.1 Å². The molecule has 0 heterocycles. The second-order valence-corrected chi connectivity index (χ2v) is 2.92. The molecule has 0 aromatic heterocycles. The molecule has 68 valence electrons. The quantitative estimate of drug-likeness (QED) is 0.522. The first-order valence-corrected chi connectivity index (χ1v) is 3.69. The fourth-order valence-corrected chi connectivity index (χ4v) is 1.41. The maximum atomic E-state index is 5.35. The Morgan fingerprint density at radius 1 is 1.08 bits per heavy atom. The molecule has 3 heteroatoms. The van der Waals surface area contributed by atoms with Crippen LogP contribution in [0.2, 0.25) is 0 Å². The van der Waals surface area contributed by atoms with Gasteiger partial charge in [-0.1, -0.05) is 17.7 Å². The maximum Gasteiger partial charge on any atom is 0.0543 e. The number of hydrogen-bond donors (Lipinski definition) is 2. The Bertz CT molecular complexity index is 248. The molecule has 0 aliphatic rings. The Labute approximate surface area is 79.5 Å². The van der Waals surface area contributed by atoms with E-state index in [1.165, 1.54) is 16.7 Å². The largest absolute Gasteiger partial charge is 0.324 e. The van der Waals surface area contributed by atoms with Crippen LogP contribution in [0.3, 0.4) is 0 Å². The minimum atomic E-state index is 0. The van der Waals surface area contributed by atoms with Crippen LogP contribution in [-0.2, 0) is 0 Å². The van der Waals surface area contributed by atoms with Gasteiger partial charge in [0.2, 0.25) is 0 Å². The number of nitrogens with two attached hydrogens (primary N) is 1. The molecule has 3 N–H and O–H groups in total. The highest BCUT2D eigenvalue weighted by molar-refractivity contribution is 5.85. The summed E-state index contributed by atoms with van der Waals surface area (Å²) in [5.74, 6) is 5.35. The first-order valence-electron chi connectivity index (χ1n) is 3.69. The Morgan fingerprint density at radius 3 is 1.83 bits per heavy atom. The third-order valence-electron chi connectivity index (χ3n) is 1.82. The molecule has 0 bridgehead atoms. The van der Waals surface area contributed by atoms with Crippen molar-refractivity contribution < 1.29 is 0 Å².